The number of aliphatic hydroxyl groups excluding tert-OH is 1. The third kappa shape index (κ3) is 4.83. The van der Waals surface area contributed by atoms with E-state index in [2.05, 4.69) is 9.64 Å². The van der Waals surface area contributed by atoms with E-state index in [1.807, 2.05) is 6.92 Å². The molecule has 0 unspecified atom stereocenters. The number of aliphatic hydroxyl groups is 1. The Labute approximate surface area is 142 Å². The average Bonchev–Trinajstić information content (AvgIpc) is 2.55. The van der Waals surface area contributed by atoms with Crippen LogP contribution in [0.2, 0.25) is 5.02 Å². The number of piperidine rings is 1. The van der Waals surface area contributed by atoms with E-state index in [9.17, 15) is 9.90 Å². The lowest BCUT2D eigenvalue weighted by Gasteiger charge is -2.37. The molecule has 2 rings (SSSR count). The number of likely N-dealkylation sites (tertiary alicyclic amines) is 1. The van der Waals surface area contributed by atoms with Crippen LogP contribution in [0.5, 0.6) is 5.75 Å². The molecule has 1 aromatic carbocycles. The summed E-state index contributed by atoms with van der Waals surface area (Å²) >= 11 is 6.14. The number of nitrogens with zero attached hydrogens (tertiary/aromatic N) is 1. The highest BCUT2D eigenvalue weighted by Gasteiger charge is 2.25. The number of hydrogen-bond acceptors (Lipinski definition) is 5. The third-order valence-corrected chi connectivity index (χ3v) is 4.51. The molecule has 1 fully saturated rings. The fourth-order valence-electron chi connectivity index (χ4n) is 2.98. The van der Waals surface area contributed by atoms with Crippen LogP contribution in [0.4, 0.5) is 0 Å². The van der Waals surface area contributed by atoms with E-state index in [-0.39, 0.29) is 12.1 Å². The molecular formula is C17H24ClNO4. The maximum absolute atomic E-state index is 11.4. The van der Waals surface area contributed by atoms with Crippen LogP contribution in [-0.4, -0.2) is 54.9 Å². The van der Waals surface area contributed by atoms with Crippen molar-refractivity contribution in [2.24, 2.45) is 0 Å². The second-order valence-electron chi connectivity index (χ2n) is 5.82. The van der Waals surface area contributed by atoms with Crippen molar-refractivity contribution in [3.8, 4) is 5.75 Å². The van der Waals surface area contributed by atoms with E-state index in [1.165, 1.54) is 7.11 Å². The fraction of sp³-hybridized carbons (Fsp3) is 0.588. The Bertz CT molecular complexity index is 535. The molecule has 23 heavy (non-hydrogen) atoms. The molecule has 1 saturated heterocycles. The number of esters is 1. The Morgan fingerprint density at radius 1 is 1.48 bits per heavy atom. The minimum atomic E-state index is -0.424. The van der Waals surface area contributed by atoms with Crippen molar-refractivity contribution in [3.63, 3.8) is 0 Å². The van der Waals surface area contributed by atoms with Gasteiger partial charge in [-0.05, 0) is 44.5 Å². The minimum Gasteiger partial charge on any atom is -0.491 e. The zero-order valence-electron chi connectivity index (χ0n) is 13.6. The van der Waals surface area contributed by atoms with Crippen molar-refractivity contribution >= 4 is 17.6 Å². The summed E-state index contributed by atoms with van der Waals surface area (Å²) in [7, 11) is 1.33. The van der Waals surface area contributed by atoms with Gasteiger partial charge in [0.25, 0.3) is 0 Å². The molecule has 0 aliphatic carbocycles. The first-order valence-electron chi connectivity index (χ1n) is 7.95. The molecule has 0 saturated carbocycles. The lowest BCUT2D eigenvalue weighted by Crippen LogP contribution is -2.47. The van der Waals surface area contributed by atoms with Crippen LogP contribution >= 0.6 is 11.6 Å². The van der Waals surface area contributed by atoms with Crippen LogP contribution in [0.15, 0.2) is 18.2 Å². The number of halogens is 1. The summed E-state index contributed by atoms with van der Waals surface area (Å²) in [6.45, 7) is 4.05. The minimum absolute atomic E-state index is 0.199. The predicted molar refractivity (Wildman–Crippen MR) is 89.2 cm³/mol. The summed E-state index contributed by atoms with van der Waals surface area (Å²) in [6, 6.07) is 5.05. The van der Waals surface area contributed by atoms with E-state index in [0.29, 0.717) is 22.9 Å². The van der Waals surface area contributed by atoms with Crippen LogP contribution in [0.3, 0.4) is 0 Å². The maximum atomic E-state index is 11.4. The molecule has 0 spiro atoms. The number of rotatable bonds is 6. The zero-order chi connectivity index (χ0) is 16.8. The van der Waals surface area contributed by atoms with Gasteiger partial charge in [-0.15, -0.1) is 0 Å². The average molecular weight is 342 g/mol. The van der Waals surface area contributed by atoms with E-state index in [1.54, 1.807) is 18.2 Å². The smallest absolute Gasteiger partial charge is 0.337 e. The lowest BCUT2D eigenvalue weighted by molar-refractivity contribution is 0.0293. The topological polar surface area (TPSA) is 59.0 Å². The number of carbonyl (C=O) groups excluding carboxylic acids is 1. The molecule has 1 N–H and O–H groups in total. The second-order valence-corrected chi connectivity index (χ2v) is 6.23. The molecule has 1 heterocycles. The first-order chi connectivity index (χ1) is 11.0. The van der Waals surface area contributed by atoms with Crippen molar-refractivity contribution in [3.05, 3.63) is 28.8 Å². The Hall–Kier alpha value is -1.30. The van der Waals surface area contributed by atoms with Gasteiger partial charge in [-0.25, -0.2) is 4.79 Å². The summed E-state index contributed by atoms with van der Waals surface area (Å²) < 4.78 is 10.4. The van der Waals surface area contributed by atoms with Crippen molar-refractivity contribution in [2.75, 3.05) is 26.8 Å². The standard InChI is InChI=1S/C17H24ClNO4/c1-12(20)15-5-3-4-8-19(15)9-10-23-16-7-6-13(11-14(16)18)17(21)22-2/h6-7,11-12,15,20H,3-5,8-10H2,1-2H3/t12-,15-/m0/s1. The molecule has 128 valence electrons. The van der Waals surface area contributed by atoms with E-state index < -0.39 is 5.97 Å². The first kappa shape index (κ1) is 18.0. The Morgan fingerprint density at radius 2 is 2.26 bits per heavy atom. The number of benzene rings is 1. The molecule has 0 amide bonds. The molecular weight excluding hydrogens is 318 g/mol. The van der Waals surface area contributed by atoms with Gasteiger partial charge in [0, 0.05) is 12.6 Å². The molecule has 2 atom stereocenters. The first-order valence-corrected chi connectivity index (χ1v) is 8.33. The number of hydrogen-bond donors (Lipinski definition) is 1. The van der Waals surface area contributed by atoms with Crippen LogP contribution < -0.4 is 4.74 Å². The van der Waals surface area contributed by atoms with Gasteiger partial charge in [0.05, 0.1) is 23.8 Å². The highest BCUT2D eigenvalue weighted by Crippen LogP contribution is 2.26. The van der Waals surface area contributed by atoms with E-state index in [4.69, 9.17) is 16.3 Å². The third-order valence-electron chi connectivity index (χ3n) is 4.21. The molecule has 6 heteroatoms. The number of methoxy groups -OCH3 is 1. The van der Waals surface area contributed by atoms with Crippen LogP contribution in [0.1, 0.15) is 36.5 Å². The van der Waals surface area contributed by atoms with Gasteiger partial charge < -0.3 is 14.6 Å². The number of carbonyl (C=O) groups is 1. The molecule has 0 bridgehead atoms. The largest absolute Gasteiger partial charge is 0.491 e. The Kier molecular flexibility index (Phi) is 6.69. The summed E-state index contributed by atoms with van der Waals surface area (Å²) in [5.41, 5.74) is 0.398. The molecule has 0 radical (unpaired) electrons. The van der Waals surface area contributed by atoms with Gasteiger partial charge in [-0.1, -0.05) is 18.0 Å². The monoisotopic (exact) mass is 341 g/mol. The van der Waals surface area contributed by atoms with Crippen LogP contribution in [0.25, 0.3) is 0 Å². The second kappa shape index (κ2) is 8.52. The van der Waals surface area contributed by atoms with Crippen molar-refractivity contribution in [2.45, 2.75) is 38.3 Å². The molecule has 5 nitrogen and oxygen atoms in total. The van der Waals surface area contributed by atoms with Crippen molar-refractivity contribution in [1.29, 1.82) is 0 Å². The normalized spacial score (nSPS) is 20.1. The molecule has 0 aromatic heterocycles. The van der Waals surface area contributed by atoms with Gasteiger partial charge in [0.15, 0.2) is 0 Å². The summed E-state index contributed by atoms with van der Waals surface area (Å²) in [5, 5.41) is 10.3. The van der Waals surface area contributed by atoms with Gasteiger partial charge in [-0.3, -0.25) is 4.90 Å². The van der Waals surface area contributed by atoms with E-state index >= 15 is 0 Å². The maximum Gasteiger partial charge on any atom is 0.337 e. The summed E-state index contributed by atoms with van der Waals surface area (Å²) in [5.74, 6) is 0.122. The summed E-state index contributed by atoms with van der Waals surface area (Å²) in [6.07, 6.45) is 3.00. The fourth-order valence-corrected chi connectivity index (χ4v) is 3.21. The van der Waals surface area contributed by atoms with Crippen molar-refractivity contribution < 1.29 is 19.4 Å². The highest BCUT2D eigenvalue weighted by molar-refractivity contribution is 6.32. The zero-order valence-corrected chi connectivity index (χ0v) is 14.4. The lowest BCUT2D eigenvalue weighted by atomic mass is 9.98. The summed E-state index contributed by atoms with van der Waals surface area (Å²) in [4.78, 5) is 13.7. The van der Waals surface area contributed by atoms with Crippen LogP contribution in [0, 0.1) is 0 Å². The Balaban J connectivity index is 1.89. The van der Waals surface area contributed by atoms with Gasteiger partial charge >= 0.3 is 5.97 Å². The molecule has 1 aliphatic rings. The highest BCUT2D eigenvalue weighted by atomic mass is 35.5. The van der Waals surface area contributed by atoms with Gasteiger partial charge in [0.1, 0.15) is 12.4 Å². The Morgan fingerprint density at radius 3 is 2.91 bits per heavy atom. The molecule has 1 aromatic rings. The number of ether oxygens (including phenoxy) is 2. The van der Waals surface area contributed by atoms with Crippen LogP contribution in [-0.2, 0) is 4.74 Å². The van der Waals surface area contributed by atoms with Crippen molar-refractivity contribution in [1.82, 2.24) is 4.90 Å². The molecule has 1 aliphatic heterocycles. The van der Waals surface area contributed by atoms with Gasteiger partial charge in [0.2, 0.25) is 0 Å². The SMILES string of the molecule is COC(=O)c1ccc(OCCN2CCCC[C@H]2[C@H](C)O)c(Cl)c1. The van der Waals surface area contributed by atoms with E-state index in [0.717, 1.165) is 32.4 Å². The van der Waals surface area contributed by atoms with Gasteiger partial charge in [-0.2, -0.15) is 0 Å². The quantitative estimate of drug-likeness (QED) is 0.806. The predicted octanol–water partition coefficient (Wildman–Crippen LogP) is 2.74.